The predicted octanol–water partition coefficient (Wildman–Crippen LogP) is 4.32. The first-order valence-corrected chi connectivity index (χ1v) is 9.27. The van der Waals surface area contributed by atoms with Gasteiger partial charge in [0.1, 0.15) is 15.0 Å². The molecule has 0 bridgehead atoms. The van der Waals surface area contributed by atoms with Gasteiger partial charge in [-0.05, 0) is 32.0 Å². The fourth-order valence-corrected chi connectivity index (χ4v) is 4.30. The first-order valence-electron chi connectivity index (χ1n) is 8.46. The lowest BCUT2D eigenvalue weighted by molar-refractivity contribution is -0.0411. The lowest BCUT2D eigenvalue weighted by Gasteiger charge is -2.30. The Hall–Kier alpha value is -2.57. The molecule has 4 aromatic rings. The van der Waals surface area contributed by atoms with Gasteiger partial charge in [0.05, 0.1) is 17.9 Å². The molecule has 0 amide bonds. The molecule has 0 spiro atoms. The largest absolute Gasteiger partial charge is 0.403 e. The molecule has 3 aromatic heterocycles. The maximum absolute atomic E-state index is 12.5. The summed E-state index contributed by atoms with van der Waals surface area (Å²) in [6.45, 7) is 4.65. The monoisotopic (exact) mass is 364 g/mol. The zero-order chi connectivity index (χ0) is 17.9. The highest BCUT2D eigenvalue weighted by Crippen LogP contribution is 2.35. The van der Waals surface area contributed by atoms with Gasteiger partial charge in [-0.25, -0.2) is 14.8 Å². The van der Waals surface area contributed by atoms with Gasteiger partial charge < -0.3 is 9.15 Å². The second-order valence-corrected chi connectivity index (χ2v) is 8.12. The molecule has 0 N–H and O–H groups in total. The molecule has 130 valence electrons. The van der Waals surface area contributed by atoms with Gasteiger partial charge in [-0.15, -0.1) is 11.3 Å². The van der Waals surface area contributed by atoms with Crippen LogP contribution in [0.5, 0.6) is 0 Å². The van der Waals surface area contributed by atoms with Gasteiger partial charge in [0.25, 0.3) is 0 Å². The minimum atomic E-state index is -0.369. The third-order valence-corrected chi connectivity index (χ3v) is 5.71. The van der Waals surface area contributed by atoms with E-state index in [0.29, 0.717) is 22.7 Å². The molecule has 0 radical (unpaired) electrons. The van der Waals surface area contributed by atoms with Crippen LogP contribution in [0.25, 0.3) is 31.9 Å². The minimum Gasteiger partial charge on any atom is -0.403 e. The van der Waals surface area contributed by atoms with Crippen molar-refractivity contribution in [3.05, 3.63) is 58.1 Å². The summed E-state index contributed by atoms with van der Waals surface area (Å²) in [5.74, 6) is 0.331. The summed E-state index contributed by atoms with van der Waals surface area (Å²) in [6, 6.07) is 11.5. The summed E-state index contributed by atoms with van der Waals surface area (Å²) >= 11 is 1.34. The maximum atomic E-state index is 12.5. The van der Waals surface area contributed by atoms with Gasteiger partial charge in [0.15, 0.2) is 0 Å². The highest BCUT2D eigenvalue weighted by Gasteiger charge is 2.28. The summed E-state index contributed by atoms with van der Waals surface area (Å²) < 4.78 is 11.9. The highest BCUT2D eigenvalue weighted by atomic mass is 32.1. The number of nitrogens with zero attached hydrogens (tertiary/aromatic N) is 2. The first kappa shape index (κ1) is 15.7. The highest BCUT2D eigenvalue weighted by molar-refractivity contribution is 7.25. The van der Waals surface area contributed by atoms with Gasteiger partial charge in [-0.1, -0.05) is 18.2 Å². The van der Waals surface area contributed by atoms with Crippen LogP contribution in [0.1, 0.15) is 25.1 Å². The number of rotatable bonds is 1. The topological polar surface area (TPSA) is 65.2 Å². The van der Waals surface area contributed by atoms with Crippen LogP contribution in [0.2, 0.25) is 0 Å². The molecular weight excluding hydrogens is 348 g/mol. The zero-order valence-electron chi connectivity index (χ0n) is 14.4. The number of ether oxygens (including phenoxy) is 1. The van der Waals surface area contributed by atoms with E-state index in [9.17, 15) is 4.79 Å². The van der Waals surface area contributed by atoms with E-state index in [-0.39, 0.29) is 11.2 Å². The lowest BCUT2D eigenvalue weighted by atomic mass is 9.95. The third kappa shape index (κ3) is 2.45. The van der Waals surface area contributed by atoms with Crippen LogP contribution in [0, 0.1) is 0 Å². The van der Waals surface area contributed by atoms with Gasteiger partial charge in [0, 0.05) is 22.9 Å². The quantitative estimate of drug-likeness (QED) is 0.503. The summed E-state index contributed by atoms with van der Waals surface area (Å²) in [6.07, 6.45) is 0.754. The van der Waals surface area contributed by atoms with Crippen molar-refractivity contribution >= 4 is 31.8 Å². The van der Waals surface area contributed by atoms with Crippen LogP contribution in [0.4, 0.5) is 0 Å². The number of fused-ring (bicyclic) bond motifs is 4. The zero-order valence-corrected chi connectivity index (χ0v) is 15.2. The molecule has 26 heavy (non-hydrogen) atoms. The molecule has 0 fully saturated rings. The lowest BCUT2D eigenvalue weighted by Crippen LogP contribution is -2.32. The summed E-state index contributed by atoms with van der Waals surface area (Å²) in [4.78, 5) is 22.8. The molecule has 0 unspecified atom stereocenters. The maximum Gasteiger partial charge on any atom is 0.357 e. The summed E-state index contributed by atoms with van der Waals surface area (Å²) in [7, 11) is 0. The number of hydrogen-bond donors (Lipinski definition) is 0. The average molecular weight is 364 g/mol. The molecule has 0 saturated heterocycles. The Balaban J connectivity index is 1.77. The fraction of sp³-hybridized carbons (Fsp3) is 0.250. The van der Waals surface area contributed by atoms with E-state index in [1.807, 2.05) is 30.3 Å². The van der Waals surface area contributed by atoms with Crippen molar-refractivity contribution in [3.8, 4) is 11.5 Å². The Morgan fingerprint density at radius 3 is 2.77 bits per heavy atom. The Morgan fingerprint density at radius 2 is 1.96 bits per heavy atom. The van der Waals surface area contributed by atoms with Crippen LogP contribution in [0.3, 0.4) is 0 Å². The second-order valence-electron chi connectivity index (χ2n) is 7.12. The van der Waals surface area contributed by atoms with E-state index in [4.69, 9.17) is 14.1 Å². The molecule has 5 nitrogen and oxygen atoms in total. The molecular formula is C20H16N2O3S. The van der Waals surface area contributed by atoms with Crippen LogP contribution in [-0.2, 0) is 17.8 Å². The van der Waals surface area contributed by atoms with E-state index in [0.717, 1.165) is 33.5 Å². The molecule has 6 heteroatoms. The van der Waals surface area contributed by atoms with Crippen molar-refractivity contribution in [1.82, 2.24) is 9.97 Å². The Labute approximate surface area is 153 Å². The van der Waals surface area contributed by atoms with E-state index in [1.54, 1.807) is 0 Å². The smallest absolute Gasteiger partial charge is 0.357 e. The van der Waals surface area contributed by atoms with Gasteiger partial charge in [0.2, 0.25) is 5.89 Å². The van der Waals surface area contributed by atoms with Crippen molar-refractivity contribution in [2.45, 2.75) is 32.5 Å². The van der Waals surface area contributed by atoms with Gasteiger partial charge in [-0.2, -0.15) is 0 Å². The molecule has 4 heterocycles. The van der Waals surface area contributed by atoms with E-state index in [2.05, 4.69) is 24.9 Å². The van der Waals surface area contributed by atoms with Crippen LogP contribution in [-0.4, -0.2) is 15.6 Å². The van der Waals surface area contributed by atoms with Crippen molar-refractivity contribution in [2.24, 2.45) is 0 Å². The number of hydrogen-bond acceptors (Lipinski definition) is 6. The first-order chi connectivity index (χ1) is 12.5. The normalized spacial score (nSPS) is 16.1. The molecule has 0 aliphatic carbocycles. The van der Waals surface area contributed by atoms with Crippen LogP contribution in [0.15, 0.2) is 45.6 Å². The molecule has 1 aromatic carbocycles. The van der Waals surface area contributed by atoms with Crippen LogP contribution < -0.4 is 5.63 Å². The summed E-state index contributed by atoms with van der Waals surface area (Å²) in [5, 5.41) is 0.886. The Kier molecular flexibility index (Phi) is 3.29. The van der Waals surface area contributed by atoms with Crippen molar-refractivity contribution < 1.29 is 9.15 Å². The molecule has 1 aliphatic heterocycles. The minimum absolute atomic E-state index is 0.220. The van der Waals surface area contributed by atoms with E-state index < -0.39 is 0 Å². The number of benzene rings is 1. The number of thiophene rings is 1. The summed E-state index contributed by atoms with van der Waals surface area (Å²) in [5.41, 5.74) is 2.94. The van der Waals surface area contributed by atoms with Gasteiger partial charge in [-0.3, -0.25) is 0 Å². The predicted molar refractivity (Wildman–Crippen MR) is 101 cm³/mol. The molecule has 0 atom stereocenters. The molecule has 1 aliphatic rings. The Bertz CT molecular complexity index is 1210. The number of aromatic nitrogens is 2. The van der Waals surface area contributed by atoms with Gasteiger partial charge >= 0.3 is 5.63 Å². The van der Waals surface area contributed by atoms with Crippen LogP contribution >= 0.6 is 11.3 Å². The van der Waals surface area contributed by atoms with E-state index >= 15 is 0 Å². The molecule has 0 saturated carbocycles. The average Bonchev–Trinajstić information content (AvgIpc) is 2.98. The number of pyridine rings is 1. The van der Waals surface area contributed by atoms with E-state index in [1.165, 1.54) is 11.3 Å². The van der Waals surface area contributed by atoms with Crippen molar-refractivity contribution in [2.75, 3.05) is 0 Å². The van der Waals surface area contributed by atoms with Crippen molar-refractivity contribution in [1.29, 1.82) is 0 Å². The van der Waals surface area contributed by atoms with Crippen molar-refractivity contribution in [3.63, 3.8) is 0 Å². The standard InChI is InChI=1S/C20H16N2O3S/c1-20(2)9-14-12(10-24-20)8-13-15-16(26-18(13)21-14)19(23)25-17(22-15)11-6-4-3-5-7-11/h3-8H,9-10H2,1-2H3. The third-order valence-electron chi connectivity index (χ3n) is 4.65. The fourth-order valence-electron chi connectivity index (χ4n) is 3.31. The SMILES string of the molecule is CC1(C)Cc2nc3sc4c(=O)oc(-c5ccccc5)nc4c3cc2CO1. The second kappa shape index (κ2) is 5.46. The Morgan fingerprint density at radius 1 is 1.15 bits per heavy atom. The molecule has 5 rings (SSSR count).